The summed E-state index contributed by atoms with van der Waals surface area (Å²) in [7, 11) is 0. The fourth-order valence-corrected chi connectivity index (χ4v) is 2.71. The van der Waals surface area contributed by atoms with Gasteiger partial charge in [-0.2, -0.15) is 0 Å². The summed E-state index contributed by atoms with van der Waals surface area (Å²) < 4.78 is 0. The summed E-state index contributed by atoms with van der Waals surface area (Å²) in [6.07, 6.45) is 4.64. The molecular formula is C14H26N2O3. The number of hydrogen-bond donors (Lipinski definition) is 3. The second-order valence-electron chi connectivity index (χ2n) is 5.81. The second kappa shape index (κ2) is 6.78. The first-order chi connectivity index (χ1) is 8.91. The summed E-state index contributed by atoms with van der Waals surface area (Å²) >= 11 is 0. The van der Waals surface area contributed by atoms with Crippen molar-refractivity contribution < 1.29 is 14.7 Å². The number of carbonyl (C=O) groups excluding carboxylic acids is 1. The summed E-state index contributed by atoms with van der Waals surface area (Å²) in [4.78, 5) is 23.5. The topological polar surface area (TPSA) is 78.4 Å². The molecule has 1 fully saturated rings. The van der Waals surface area contributed by atoms with Gasteiger partial charge in [0.2, 0.25) is 0 Å². The average Bonchev–Trinajstić information content (AvgIpc) is 2.36. The maximum Gasteiger partial charge on any atom is 0.329 e. The molecule has 0 aliphatic heterocycles. The Hall–Kier alpha value is -1.26. The number of nitrogens with one attached hydrogen (secondary N) is 2. The van der Waals surface area contributed by atoms with E-state index in [9.17, 15) is 14.7 Å². The van der Waals surface area contributed by atoms with Crippen LogP contribution in [0.3, 0.4) is 0 Å². The summed E-state index contributed by atoms with van der Waals surface area (Å²) in [5, 5.41) is 15.0. The van der Waals surface area contributed by atoms with Crippen molar-refractivity contribution in [3.8, 4) is 0 Å². The Balaban J connectivity index is 2.64. The van der Waals surface area contributed by atoms with Gasteiger partial charge in [0.05, 0.1) is 0 Å². The molecule has 0 spiro atoms. The molecule has 1 aliphatic carbocycles. The van der Waals surface area contributed by atoms with Crippen LogP contribution in [0.1, 0.15) is 59.3 Å². The van der Waals surface area contributed by atoms with Crippen molar-refractivity contribution in [1.82, 2.24) is 10.6 Å². The van der Waals surface area contributed by atoms with Gasteiger partial charge >= 0.3 is 12.0 Å². The molecule has 0 saturated heterocycles. The molecule has 0 bridgehead atoms. The summed E-state index contributed by atoms with van der Waals surface area (Å²) in [6, 6.07) is -0.278. The number of hydrogen-bond acceptors (Lipinski definition) is 2. The zero-order chi connectivity index (χ0) is 14.5. The van der Waals surface area contributed by atoms with E-state index in [1.807, 2.05) is 20.8 Å². The number of carboxylic acids is 1. The Kier molecular flexibility index (Phi) is 5.63. The van der Waals surface area contributed by atoms with Crippen LogP contribution in [0.15, 0.2) is 0 Å². The van der Waals surface area contributed by atoms with E-state index >= 15 is 0 Å². The van der Waals surface area contributed by atoms with Crippen LogP contribution in [0.25, 0.3) is 0 Å². The number of urea groups is 1. The lowest BCUT2D eigenvalue weighted by molar-refractivity contribution is -0.145. The molecule has 19 heavy (non-hydrogen) atoms. The first-order valence-corrected chi connectivity index (χ1v) is 7.23. The second-order valence-corrected chi connectivity index (χ2v) is 5.81. The van der Waals surface area contributed by atoms with Gasteiger partial charge in [0.25, 0.3) is 0 Å². The van der Waals surface area contributed by atoms with Crippen molar-refractivity contribution >= 4 is 12.0 Å². The summed E-state index contributed by atoms with van der Waals surface area (Å²) in [6.45, 7) is 6.10. The molecule has 110 valence electrons. The summed E-state index contributed by atoms with van der Waals surface area (Å²) in [5.41, 5.74) is -1.07. The van der Waals surface area contributed by atoms with Gasteiger partial charge in [0.1, 0.15) is 5.54 Å². The Morgan fingerprint density at radius 3 is 2.21 bits per heavy atom. The lowest BCUT2D eigenvalue weighted by Crippen LogP contribution is -2.59. The number of carbonyl (C=O) groups is 2. The minimum absolute atomic E-state index is 0.0782. The maximum absolute atomic E-state index is 12.0. The van der Waals surface area contributed by atoms with Gasteiger partial charge < -0.3 is 15.7 Å². The molecule has 5 heteroatoms. The van der Waals surface area contributed by atoms with E-state index in [0.29, 0.717) is 18.8 Å². The molecular weight excluding hydrogens is 244 g/mol. The van der Waals surface area contributed by atoms with Crippen molar-refractivity contribution in [3.63, 3.8) is 0 Å². The first-order valence-electron chi connectivity index (χ1n) is 7.23. The van der Waals surface area contributed by atoms with Crippen LogP contribution < -0.4 is 10.6 Å². The number of amides is 2. The van der Waals surface area contributed by atoms with Crippen molar-refractivity contribution in [2.45, 2.75) is 70.9 Å². The Labute approximate surface area is 115 Å². The highest BCUT2D eigenvalue weighted by Gasteiger charge is 2.41. The monoisotopic (exact) mass is 270 g/mol. The molecule has 1 unspecified atom stereocenters. The summed E-state index contributed by atoms with van der Waals surface area (Å²) in [5.74, 6) is -0.581. The molecule has 5 nitrogen and oxygen atoms in total. The SMILES string of the molecule is CCC(NC(=O)NC1(C(=O)O)CCCCC1)C(C)C. The smallest absolute Gasteiger partial charge is 0.329 e. The van der Waals surface area contributed by atoms with Crippen molar-refractivity contribution in [1.29, 1.82) is 0 Å². The number of rotatable bonds is 5. The molecule has 1 saturated carbocycles. The minimum Gasteiger partial charge on any atom is -0.480 e. The number of aliphatic carboxylic acids is 1. The molecule has 0 aromatic heterocycles. The largest absolute Gasteiger partial charge is 0.480 e. The van der Waals surface area contributed by atoms with E-state index in [2.05, 4.69) is 10.6 Å². The third-order valence-corrected chi connectivity index (χ3v) is 4.03. The zero-order valence-electron chi connectivity index (χ0n) is 12.2. The van der Waals surface area contributed by atoms with Gasteiger partial charge in [-0.1, -0.05) is 40.0 Å². The Morgan fingerprint density at radius 2 is 1.79 bits per heavy atom. The lowest BCUT2D eigenvalue weighted by atomic mass is 9.82. The molecule has 1 rings (SSSR count). The third kappa shape index (κ3) is 4.11. The molecule has 0 radical (unpaired) electrons. The molecule has 0 aromatic carbocycles. The van der Waals surface area contributed by atoms with Crippen molar-refractivity contribution in [3.05, 3.63) is 0 Å². The van der Waals surface area contributed by atoms with Crippen molar-refractivity contribution in [2.75, 3.05) is 0 Å². The zero-order valence-corrected chi connectivity index (χ0v) is 12.2. The van der Waals surface area contributed by atoms with Crippen LogP contribution in [0.4, 0.5) is 4.79 Å². The maximum atomic E-state index is 12.0. The van der Waals surface area contributed by atoms with Crippen LogP contribution in [0, 0.1) is 5.92 Å². The first kappa shape index (κ1) is 15.8. The van der Waals surface area contributed by atoms with Crippen LogP contribution in [-0.2, 0) is 4.79 Å². The van der Waals surface area contributed by atoms with E-state index < -0.39 is 11.5 Å². The molecule has 0 aromatic rings. The van der Waals surface area contributed by atoms with E-state index in [1.54, 1.807) is 0 Å². The van der Waals surface area contributed by atoms with Crippen LogP contribution in [0.2, 0.25) is 0 Å². The van der Waals surface area contributed by atoms with Gasteiger partial charge in [0, 0.05) is 6.04 Å². The molecule has 1 aliphatic rings. The van der Waals surface area contributed by atoms with E-state index in [0.717, 1.165) is 25.7 Å². The van der Waals surface area contributed by atoms with Gasteiger partial charge in [-0.15, -0.1) is 0 Å². The van der Waals surface area contributed by atoms with Gasteiger partial charge in [0.15, 0.2) is 0 Å². The lowest BCUT2D eigenvalue weighted by Gasteiger charge is -2.34. The molecule has 2 amide bonds. The highest BCUT2D eigenvalue weighted by atomic mass is 16.4. The van der Waals surface area contributed by atoms with Gasteiger partial charge in [-0.05, 0) is 25.2 Å². The Bertz CT molecular complexity index is 323. The van der Waals surface area contributed by atoms with E-state index in [4.69, 9.17) is 0 Å². The average molecular weight is 270 g/mol. The molecule has 3 N–H and O–H groups in total. The normalized spacial score (nSPS) is 19.8. The minimum atomic E-state index is -1.07. The fraction of sp³-hybridized carbons (Fsp3) is 0.857. The quantitative estimate of drug-likeness (QED) is 0.718. The van der Waals surface area contributed by atoms with E-state index in [1.165, 1.54) is 0 Å². The highest BCUT2D eigenvalue weighted by molar-refractivity contribution is 5.86. The van der Waals surface area contributed by atoms with Crippen LogP contribution >= 0.6 is 0 Å². The molecule has 0 heterocycles. The van der Waals surface area contributed by atoms with Gasteiger partial charge in [-0.25, -0.2) is 9.59 Å². The standard InChI is InChI=1S/C14H26N2O3/c1-4-11(10(2)3)15-13(19)16-14(12(17)18)8-6-5-7-9-14/h10-11H,4-9H2,1-3H3,(H,17,18)(H2,15,16,19). The van der Waals surface area contributed by atoms with Crippen LogP contribution in [0.5, 0.6) is 0 Å². The predicted molar refractivity (Wildman–Crippen MR) is 74.0 cm³/mol. The number of carboxylic acid groups (broad SMARTS) is 1. The van der Waals surface area contributed by atoms with Gasteiger partial charge in [-0.3, -0.25) is 0 Å². The van der Waals surface area contributed by atoms with Crippen LogP contribution in [-0.4, -0.2) is 28.7 Å². The predicted octanol–water partition coefficient (Wildman–Crippen LogP) is 2.51. The van der Waals surface area contributed by atoms with E-state index in [-0.39, 0.29) is 12.1 Å². The van der Waals surface area contributed by atoms with Crippen molar-refractivity contribution in [2.24, 2.45) is 5.92 Å². The third-order valence-electron chi connectivity index (χ3n) is 4.03. The highest BCUT2D eigenvalue weighted by Crippen LogP contribution is 2.28. The fourth-order valence-electron chi connectivity index (χ4n) is 2.71. The Morgan fingerprint density at radius 1 is 1.21 bits per heavy atom. The molecule has 1 atom stereocenters.